The Morgan fingerprint density at radius 1 is 0.929 bits per heavy atom. The summed E-state index contributed by atoms with van der Waals surface area (Å²) in [5, 5.41) is 10.3. The standard InChI is InChI=1S/C21H26O6.Na/c1-15(2)21(26)27-13-3-4-19(23)14-17-7-5-16(6-8-17)9-10-18(22)11-12-20(24)25;/h5-8H,1,3-4,9-14H2,2H3,(H,24,25);/q;+1/p-1. The van der Waals surface area contributed by atoms with Crippen LogP contribution in [0.1, 0.15) is 50.2 Å². The monoisotopic (exact) mass is 396 g/mol. The van der Waals surface area contributed by atoms with Crippen LogP contribution in [0.25, 0.3) is 0 Å². The number of benzene rings is 1. The minimum atomic E-state index is -1.22. The van der Waals surface area contributed by atoms with Gasteiger partial charge in [0.05, 0.1) is 6.61 Å². The first-order chi connectivity index (χ1) is 12.8. The molecule has 1 aromatic carbocycles. The molecule has 0 heterocycles. The van der Waals surface area contributed by atoms with Crippen molar-refractivity contribution in [3.05, 3.63) is 47.5 Å². The third kappa shape index (κ3) is 11.8. The van der Waals surface area contributed by atoms with E-state index in [0.717, 1.165) is 11.1 Å². The maximum atomic E-state index is 12.0. The molecule has 0 aliphatic carbocycles. The number of Topliss-reactive ketones (excluding diaryl/α,β-unsaturated/α-hetero) is 2. The molecule has 1 aromatic rings. The average molecular weight is 396 g/mol. The molecule has 0 amide bonds. The van der Waals surface area contributed by atoms with Crippen molar-refractivity contribution in [3.8, 4) is 0 Å². The van der Waals surface area contributed by atoms with Crippen LogP contribution < -0.4 is 34.7 Å². The molecule has 0 aromatic heterocycles. The number of aliphatic carboxylic acids is 1. The molecular weight excluding hydrogens is 371 g/mol. The summed E-state index contributed by atoms with van der Waals surface area (Å²) in [6.45, 7) is 5.25. The molecule has 146 valence electrons. The van der Waals surface area contributed by atoms with Gasteiger partial charge in [0, 0.05) is 37.2 Å². The number of ketones is 2. The molecule has 1 rings (SSSR count). The topological polar surface area (TPSA) is 101 Å². The van der Waals surface area contributed by atoms with E-state index >= 15 is 0 Å². The Hall–Kier alpha value is -1.76. The summed E-state index contributed by atoms with van der Waals surface area (Å²) in [4.78, 5) is 45.1. The average Bonchev–Trinajstić information content (AvgIpc) is 2.62. The number of carboxylic acids is 1. The summed E-state index contributed by atoms with van der Waals surface area (Å²) in [5.41, 5.74) is 2.17. The molecule has 0 radical (unpaired) electrons. The second-order valence-corrected chi connectivity index (χ2v) is 6.46. The van der Waals surface area contributed by atoms with Gasteiger partial charge >= 0.3 is 35.5 Å². The summed E-state index contributed by atoms with van der Waals surface area (Å²) in [5.74, 6) is -1.71. The van der Waals surface area contributed by atoms with E-state index < -0.39 is 11.9 Å². The van der Waals surface area contributed by atoms with Gasteiger partial charge in [0.1, 0.15) is 11.6 Å². The van der Waals surface area contributed by atoms with Crippen molar-refractivity contribution >= 4 is 23.5 Å². The van der Waals surface area contributed by atoms with Crippen LogP contribution in [-0.2, 0) is 36.8 Å². The first-order valence-electron chi connectivity index (χ1n) is 8.91. The minimum Gasteiger partial charge on any atom is -0.550 e. The molecule has 0 saturated heterocycles. The molecule has 28 heavy (non-hydrogen) atoms. The van der Waals surface area contributed by atoms with Gasteiger partial charge in [0.2, 0.25) is 0 Å². The number of esters is 1. The Bertz CT molecular complexity index is 693. The smallest absolute Gasteiger partial charge is 0.550 e. The fourth-order valence-electron chi connectivity index (χ4n) is 2.35. The van der Waals surface area contributed by atoms with Gasteiger partial charge < -0.3 is 14.6 Å². The van der Waals surface area contributed by atoms with Crippen LogP contribution in [0.3, 0.4) is 0 Å². The minimum absolute atomic E-state index is 0. The molecule has 0 aliphatic rings. The summed E-state index contributed by atoms with van der Waals surface area (Å²) < 4.78 is 4.94. The van der Waals surface area contributed by atoms with Crippen LogP contribution in [0.2, 0.25) is 0 Å². The number of ether oxygens (including phenoxy) is 1. The van der Waals surface area contributed by atoms with Crippen LogP contribution in [0.5, 0.6) is 0 Å². The molecule has 0 atom stereocenters. The fourth-order valence-corrected chi connectivity index (χ4v) is 2.35. The molecular formula is C21H25NaO6. The van der Waals surface area contributed by atoms with E-state index in [1.165, 1.54) is 0 Å². The van der Waals surface area contributed by atoms with E-state index in [9.17, 15) is 24.3 Å². The first-order valence-corrected chi connectivity index (χ1v) is 8.91. The van der Waals surface area contributed by atoms with E-state index in [0.29, 0.717) is 31.3 Å². The Morgan fingerprint density at radius 3 is 2.11 bits per heavy atom. The third-order valence-electron chi connectivity index (χ3n) is 3.91. The second kappa shape index (κ2) is 14.3. The largest absolute Gasteiger partial charge is 1.00 e. The van der Waals surface area contributed by atoms with Crippen LogP contribution >= 0.6 is 0 Å². The molecule has 0 spiro atoms. The predicted octanol–water partition coefficient (Wildman–Crippen LogP) is -1.27. The van der Waals surface area contributed by atoms with E-state index in [-0.39, 0.29) is 67.0 Å². The molecule has 0 aliphatic heterocycles. The third-order valence-corrected chi connectivity index (χ3v) is 3.91. The number of hydrogen-bond donors (Lipinski definition) is 0. The van der Waals surface area contributed by atoms with Crippen molar-refractivity contribution in [2.24, 2.45) is 0 Å². The van der Waals surface area contributed by atoms with Gasteiger partial charge in [-0.15, -0.1) is 0 Å². The Balaban J connectivity index is 0.00000729. The zero-order valence-corrected chi connectivity index (χ0v) is 18.6. The number of rotatable bonds is 13. The summed E-state index contributed by atoms with van der Waals surface area (Å²) in [6, 6.07) is 7.42. The van der Waals surface area contributed by atoms with Crippen molar-refractivity contribution < 1.29 is 58.6 Å². The molecule has 6 nitrogen and oxygen atoms in total. The molecule has 7 heteroatoms. The molecule has 0 unspecified atom stereocenters. The summed E-state index contributed by atoms with van der Waals surface area (Å²) >= 11 is 0. The van der Waals surface area contributed by atoms with Crippen molar-refractivity contribution in [2.75, 3.05) is 6.61 Å². The normalized spacial score (nSPS) is 9.89. The molecule has 0 saturated carbocycles. The van der Waals surface area contributed by atoms with E-state index in [1.54, 1.807) is 6.92 Å². The van der Waals surface area contributed by atoms with Gasteiger partial charge in [-0.25, -0.2) is 4.79 Å². The van der Waals surface area contributed by atoms with E-state index in [4.69, 9.17) is 4.74 Å². The predicted molar refractivity (Wildman–Crippen MR) is 97.7 cm³/mol. The molecule has 0 fully saturated rings. The van der Waals surface area contributed by atoms with Gasteiger partial charge in [-0.05, 0) is 37.3 Å². The van der Waals surface area contributed by atoms with Gasteiger partial charge in [-0.1, -0.05) is 30.8 Å². The second-order valence-electron chi connectivity index (χ2n) is 6.46. The number of carboxylic acid groups (broad SMARTS) is 1. The SMILES string of the molecule is C=C(C)C(=O)OCCCC(=O)Cc1ccc(CCC(=O)CCC(=O)[O-])cc1.[Na+]. The van der Waals surface area contributed by atoms with Crippen molar-refractivity contribution in [3.63, 3.8) is 0 Å². The quantitative estimate of drug-likeness (QED) is 0.178. The number of carbonyl (C=O) groups is 4. The number of aryl methyl sites for hydroxylation is 1. The van der Waals surface area contributed by atoms with Crippen molar-refractivity contribution in [2.45, 2.75) is 51.9 Å². The maximum absolute atomic E-state index is 12.0. The van der Waals surface area contributed by atoms with Crippen LogP contribution in [0.15, 0.2) is 36.4 Å². The number of carbonyl (C=O) groups excluding carboxylic acids is 4. The zero-order chi connectivity index (χ0) is 20.2. The van der Waals surface area contributed by atoms with Crippen LogP contribution in [0.4, 0.5) is 0 Å². The molecule has 0 N–H and O–H groups in total. The fraction of sp³-hybridized carbons (Fsp3) is 0.429. The van der Waals surface area contributed by atoms with Gasteiger partial charge in [-0.3, -0.25) is 9.59 Å². The van der Waals surface area contributed by atoms with Gasteiger partial charge in [0.15, 0.2) is 0 Å². The summed E-state index contributed by atoms with van der Waals surface area (Å²) in [6.07, 6.45) is 1.69. The van der Waals surface area contributed by atoms with Crippen molar-refractivity contribution in [1.29, 1.82) is 0 Å². The van der Waals surface area contributed by atoms with Crippen LogP contribution in [-0.4, -0.2) is 30.1 Å². The Morgan fingerprint density at radius 2 is 1.54 bits per heavy atom. The van der Waals surface area contributed by atoms with Gasteiger partial charge in [0.25, 0.3) is 0 Å². The van der Waals surface area contributed by atoms with E-state index in [2.05, 4.69) is 6.58 Å². The summed E-state index contributed by atoms with van der Waals surface area (Å²) in [7, 11) is 0. The molecule has 0 bridgehead atoms. The van der Waals surface area contributed by atoms with E-state index in [1.807, 2.05) is 24.3 Å². The zero-order valence-electron chi connectivity index (χ0n) is 16.6. The first kappa shape index (κ1) is 26.2. The van der Waals surface area contributed by atoms with Crippen LogP contribution in [0, 0.1) is 0 Å². The maximum Gasteiger partial charge on any atom is 1.00 e. The van der Waals surface area contributed by atoms with Gasteiger partial charge in [-0.2, -0.15) is 0 Å². The Labute approximate surface area is 187 Å². The van der Waals surface area contributed by atoms with Crippen molar-refractivity contribution in [1.82, 2.24) is 0 Å². The Kier molecular flexibility index (Phi) is 13.4. The number of hydrogen-bond acceptors (Lipinski definition) is 6.